The monoisotopic (exact) mass is 430 g/mol. The summed E-state index contributed by atoms with van der Waals surface area (Å²) in [5, 5.41) is 17.4. The highest BCUT2D eigenvalue weighted by molar-refractivity contribution is 6.03. The molecule has 0 spiro atoms. The van der Waals surface area contributed by atoms with Crippen LogP contribution in [-0.4, -0.2) is 32.0 Å². The summed E-state index contributed by atoms with van der Waals surface area (Å²) in [7, 11) is 0. The van der Waals surface area contributed by atoms with Crippen LogP contribution in [0.15, 0.2) is 78.9 Å². The minimum Gasteiger partial charge on any atom is -0.348 e. The van der Waals surface area contributed by atoms with E-state index in [0.717, 1.165) is 10.4 Å². The SMILES string of the molecule is O=C(Cn1nnc(-c2cccc(F)c2)n1)Nc1ccccc1C(=O)NCc1ccccc1. The molecule has 1 heterocycles. The number of nitrogens with one attached hydrogen (secondary N) is 2. The smallest absolute Gasteiger partial charge is 0.253 e. The van der Waals surface area contributed by atoms with E-state index in [-0.39, 0.29) is 18.3 Å². The predicted octanol–water partition coefficient (Wildman–Crippen LogP) is 3.05. The number of amides is 2. The van der Waals surface area contributed by atoms with Gasteiger partial charge in [-0.3, -0.25) is 9.59 Å². The number of para-hydroxylation sites is 1. The molecule has 3 aromatic carbocycles. The molecule has 4 aromatic rings. The fourth-order valence-electron chi connectivity index (χ4n) is 3.04. The zero-order chi connectivity index (χ0) is 22.3. The van der Waals surface area contributed by atoms with E-state index in [1.807, 2.05) is 30.3 Å². The van der Waals surface area contributed by atoms with Crippen molar-refractivity contribution >= 4 is 17.5 Å². The fourth-order valence-corrected chi connectivity index (χ4v) is 3.04. The van der Waals surface area contributed by atoms with Gasteiger partial charge in [-0.2, -0.15) is 4.80 Å². The number of hydrogen-bond donors (Lipinski definition) is 2. The van der Waals surface area contributed by atoms with Crippen LogP contribution in [0.5, 0.6) is 0 Å². The first-order valence-corrected chi connectivity index (χ1v) is 9.83. The summed E-state index contributed by atoms with van der Waals surface area (Å²) in [4.78, 5) is 26.2. The third kappa shape index (κ3) is 5.20. The number of halogens is 1. The number of carbonyl (C=O) groups is 2. The van der Waals surface area contributed by atoms with Gasteiger partial charge in [-0.1, -0.05) is 54.6 Å². The maximum Gasteiger partial charge on any atom is 0.253 e. The topological polar surface area (TPSA) is 102 Å². The molecule has 0 aliphatic rings. The Morgan fingerprint density at radius 1 is 0.938 bits per heavy atom. The van der Waals surface area contributed by atoms with Crippen molar-refractivity contribution in [3.05, 3.63) is 95.8 Å². The van der Waals surface area contributed by atoms with E-state index in [9.17, 15) is 14.0 Å². The molecule has 0 atom stereocenters. The van der Waals surface area contributed by atoms with Gasteiger partial charge in [-0.05, 0) is 35.0 Å². The van der Waals surface area contributed by atoms with E-state index < -0.39 is 11.7 Å². The first-order chi connectivity index (χ1) is 15.6. The molecule has 0 aliphatic heterocycles. The van der Waals surface area contributed by atoms with E-state index in [4.69, 9.17) is 0 Å². The number of hydrogen-bond acceptors (Lipinski definition) is 5. The lowest BCUT2D eigenvalue weighted by Crippen LogP contribution is -2.26. The van der Waals surface area contributed by atoms with Gasteiger partial charge in [0.15, 0.2) is 0 Å². The van der Waals surface area contributed by atoms with Gasteiger partial charge in [0.05, 0.1) is 11.3 Å². The Morgan fingerprint density at radius 2 is 1.72 bits per heavy atom. The maximum atomic E-state index is 13.4. The highest BCUT2D eigenvalue weighted by Crippen LogP contribution is 2.16. The Balaban J connectivity index is 1.40. The quantitative estimate of drug-likeness (QED) is 0.469. The highest BCUT2D eigenvalue weighted by atomic mass is 19.1. The van der Waals surface area contributed by atoms with Crippen LogP contribution in [0, 0.1) is 5.82 Å². The second-order valence-electron chi connectivity index (χ2n) is 6.92. The Hall–Kier alpha value is -4.40. The van der Waals surface area contributed by atoms with E-state index in [1.165, 1.54) is 18.2 Å². The Labute approximate surface area is 183 Å². The number of nitrogens with zero attached hydrogens (tertiary/aromatic N) is 4. The third-order valence-corrected chi connectivity index (χ3v) is 4.56. The molecule has 1 aromatic heterocycles. The Kier molecular flexibility index (Phi) is 6.26. The van der Waals surface area contributed by atoms with E-state index in [1.54, 1.807) is 30.3 Å². The summed E-state index contributed by atoms with van der Waals surface area (Å²) in [6, 6.07) is 22.0. The molecule has 0 saturated heterocycles. The lowest BCUT2D eigenvalue weighted by Gasteiger charge is -2.11. The first kappa shape index (κ1) is 20.9. The van der Waals surface area contributed by atoms with E-state index in [0.29, 0.717) is 23.4 Å². The van der Waals surface area contributed by atoms with Gasteiger partial charge in [-0.15, -0.1) is 10.2 Å². The summed E-state index contributed by atoms with van der Waals surface area (Å²) in [6.07, 6.45) is 0. The molecule has 8 nitrogen and oxygen atoms in total. The molecule has 9 heteroatoms. The van der Waals surface area contributed by atoms with Crippen molar-refractivity contribution in [1.29, 1.82) is 0 Å². The van der Waals surface area contributed by atoms with Crippen molar-refractivity contribution < 1.29 is 14.0 Å². The summed E-state index contributed by atoms with van der Waals surface area (Å²) in [5.74, 6) is -0.953. The number of benzene rings is 3. The number of anilines is 1. The molecule has 0 bridgehead atoms. The minimum atomic E-state index is -0.434. The molecule has 2 amide bonds. The van der Waals surface area contributed by atoms with Crippen LogP contribution >= 0.6 is 0 Å². The minimum absolute atomic E-state index is 0.206. The molecule has 4 rings (SSSR count). The predicted molar refractivity (Wildman–Crippen MR) is 116 cm³/mol. The maximum absolute atomic E-state index is 13.4. The fraction of sp³-hybridized carbons (Fsp3) is 0.0870. The lowest BCUT2D eigenvalue weighted by molar-refractivity contribution is -0.117. The zero-order valence-electron chi connectivity index (χ0n) is 16.9. The van der Waals surface area contributed by atoms with Crippen molar-refractivity contribution in [2.75, 3.05) is 5.32 Å². The van der Waals surface area contributed by atoms with Crippen molar-refractivity contribution in [2.45, 2.75) is 13.1 Å². The van der Waals surface area contributed by atoms with Gasteiger partial charge < -0.3 is 10.6 Å². The molecule has 160 valence electrons. The average molecular weight is 430 g/mol. The molecule has 32 heavy (non-hydrogen) atoms. The lowest BCUT2D eigenvalue weighted by atomic mass is 10.1. The molecule has 0 unspecified atom stereocenters. The molecule has 2 N–H and O–H groups in total. The van der Waals surface area contributed by atoms with Gasteiger partial charge in [0.1, 0.15) is 12.4 Å². The van der Waals surface area contributed by atoms with Gasteiger partial charge in [-0.25, -0.2) is 4.39 Å². The summed E-state index contributed by atoms with van der Waals surface area (Å²) in [6.45, 7) is 0.149. The third-order valence-electron chi connectivity index (χ3n) is 4.56. The number of rotatable bonds is 7. The summed E-state index contributed by atoms with van der Waals surface area (Å²) in [5.41, 5.74) is 2.13. The standard InChI is InChI=1S/C23H19FN6O2/c24-18-10-6-9-17(13-18)22-27-29-30(28-22)15-21(31)26-20-12-5-4-11-19(20)23(32)25-14-16-7-2-1-3-8-16/h1-13H,14-15H2,(H,25,32)(H,26,31). The van der Waals surface area contributed by atoms with Crippen LogP contribution in [0.3, 0.4) is 0 Å². The Morgan fingerprint density at radius 3 is 2.53 bits per heavy atom. The normalized spacial score (nSPS) is 10.5. The van der Waals surface area contributed by atoms with Crippen molar-refractivity contribution in [3.63, 3.8) is 0 Å². The van der Waals surface area contributed by atoms with E-state index >= 15 is 0 Å². The molecular formula is C23H19FN6O2. The van der Waals surface area contributed by atoms with Crippen LogP contribution < -0.4 is 10.6 Å². The van der Waals surface area contributed by atoms with Crippen molar-refractivity contribution in [1.82, 2.24) is 25.5 Å². The van der Waals surface area contributed by atoms with Crippen LogP contribution in [-0.2, 0) is 17.9 Å². The summed E-state index contributed by atoms with van der Waals surface area (Å²) < 4.78 is 13.4. The highest BCUT2D eigenvalue weighted by Gasteiger charge is 2.15. The van der Waals surface area contributed by atoms with Crippen molar-refractivity contribution in [2.24, 2.45) is 0 Å². The molecule has 0 fully saturated rings. The van der Waals surface area contributed by atoms with Gasteiger partial charge in [0, 0.05) is 12.1 Å². The number of carbonyl (C=O) groups excluding carboxylic acids is 2. The molecule has 0 saturated carbocycles. The van der Waals surface area contributed by atoms with Crippen LogP contribution in [0.25, 0.3) is 11.4 Å². The van der Waals surface area contributed by atoms with E-state index in [2.05, 4.69) is 26.0 Å². The van der Waals surface area contributed by atoms with Crippen molar-refractivity contribution in [3.8, 4) is 11.4 Å². The largest absolute Gasteiger partial charge is 0.348 e. The average Bonchev–Trinajstić information content (AvgIpc) is 3.27. The molecular weight excluding hydrogens is 411 g/mol. The van der Waals surface area contributed by atoms with Crippen LogP contribution in [0.4, 0.5) is 10.1 Å². The first-order valence-electron chi connectivity index (χ1n) is 9.83. The second kappa shape index (κ2) is 9.61. The summed E-state index contributed by atoms with van der Waals surface area (Å²) >= 11 is 0. The van der Waals surface area contributed by atoms with Gasteiger partial charge in [0.25, 0.3) is 5.91 Å². The number of tetrazole rings is 1. The Bertz CT molecular complexity index is 1240. The second-order valence-corrected chi connectivity index (χ2v) is 6.92. The number of aromatic nitrogens is 4. The molecule has 0 aliphatic carbocycles. The van der Waals surface area contributed by atoms with Gasteiger partial charge >= 0.3 is 0 Å². The van der Waals surface area contributed by atoms with Crippen LogP contribution in [0.2, 0.25) is 0 Å². The van der Waals surface area contributed by atoms with Gasteiger partial charge in [0.2, 0.25) is 11.7 Å². The van der Waals surface area contributed by atoms with Crippen LogP contribution in [0.1, 0.15) is 15.9 Å². The molecule has 0 radical (unpaired) electrons. The zero-order valence-corrected chi connectivity index (χ0v) is 16.9.